The molecule has 3 heteroatoms. The van der Waals surface area contributed by atoms with Crippen LogP contribution in [-0.4, -0.2) is 17.4 Å². The predicted molar refractivity (Wildman–Crippen MR) is 99.2 cm³/mol. The summed E-state index contributed by atoms with van der Waals surface area (Å²) in [5, 5.41) is 0. The predicted octanol–water partition coefficient (Wildman–Crippen LogP) is 4.62. The van der Waals surface area contributed by atoms with Crippen molar-refractivity contribution in [2.75, 3.05) is 0 Å². The molecule has 3 nitrogen and oxygen atoms in total. The number of esters is 1. The lowest BCUT2D eigenvalue weighted by atomic mass is 9.47. The molecule has 0 saturated heterocycles. The number of allylic oxidation sites excluding steroid dienone is 1. The zero-order valence-electron chi connectivity index (χ0n) is 16.0. The second-order valence-corrected chi connectivity index (χ2v) is 9.59. The first-order valence-electron chi connectivity index (χ1n) is 10.7. The third kappa shape index (κ3) is 2.00. The lowest BCUT2D eigenvalue weighted by Gasteiger charge is -2.58. The number of carbonyl (C=O) groups is 2. The average molecular weight is 354 g/mol. The van der Waals surface area contributed by atoms with Gasteiger partial charge in [-0.2, -0.15) is 0 Å². The Kier molecular flexibility index (Phi) is 3.59. The van der Waals surface area contributed by atoms with E-state index in [0.717, 1.165) is 44.4 Å². The third-order valence-corrected chi connectivity index (χ3v) is 8.92. The van der Waals surface area contributed by atoms with Crippen molar-refractivity contribution in [1.29, 1.82) is 0 Å². The number of carbonyl (C=O) groups excluding carboxylic acids is 2. The number of ether oxygens (including phenoxy) is 1. The van der Waals surface area contributed by atoms with Crippen molar-refractivity contribution in [3.8, 4) is 0 Å². The molecule has 0 bridgehead atoms. The van der Waals surface area contributed by atoms with Crippen molar-refractivity contribution < 1.29 is 14.3 Å². The van der Waals surface area contributed by atoms with Crippen molar-refractivity contribution in [3.63, 3.8) is 0 Å². The van der Waals surface area contributed by atoms with E-state index >= 15 is 0 Å². The van der Waals surface area contributed by atoms with Gasteiger partial charge in [0.1, 0.15) is 5.60 Å². The molecule has 0 N–H and O–H groups in total. The van der Waals surface area contributed by atoms with Crippen LogP contribution >= 0.6 is 0 Å². The van der Waals surface area contributed by atoms with Gasteiger partial charge in [-0.3, -0.25) is 4.79 Å². The van der Waals surface area contributed by atoms with Crippen LogP contribution in [0.4, 0.5) is 0 Å². The molecule has 26 heavy (non-hydrogen) atoms. The van der Waals surface area contributed by atoms with E-state index in [0.29, 0.717) is 29.5 Å². The van der Waals surface area contributed by atoms with Crippen LogP contribution in [0.1, 0.15) is 65.2 Å². The van der Waals surface area contributed by atoms with Gasteiger partial charge >= 0.3 is 5.97 Å². The molecule has 1 heterocycles. The molecular weight excluding hydrogens is 324 g/mol. The van der Waals surface area contributed by atoms with Crippen LogP contribution in [0, 0.1) is 35.0 Å². The summed E-state index contributed by atoms with van der Waals surface area (Å²) >= 11 is 0. The molecule has 0 aromatic heterocycles. The quantitative estimate of drug-likeness (QED) is 0.646. The molecule has 0 amide bonds. The molecule has 3 saturated carbocycles. The highest BCUT2D eigenvalue weighted by molar-refractivity contribution is 5.91. The van der Waals surface area contributed by atoms with Gasteiger partial charge in [0.05, 0.1) is 0 Å². The van der Waals surface area contributed by atoms with Gasteiger partial charge in [-0.05, 0) is 86.7 Å². The van der Waals surface area contributed by atoms with Gasteiger partial charge in [0.25, 0.3) is 0 Å². The molecule has 0 aromatic rings. The van der Waals surface area contributed by atoms with Crippen molar-refractivity contribution in [2.45, 2.75) is 70.8 Å². The number of fused-ring (bicyclic) bond motifs is 6. The van der Waals surface area contributed by atoms with Crippen LogP contribution in [0.25, 0.3) is 0 Å². The van der Waals surface area contributed by atoms with Crippen molar-refractivity contribution in [2.24, 2.45) is 35.0 Å². The average Bonchev–Trinajstić information content (AvgIpc) is 3.16. The summed E-state index contributed by atoms with van der Waals surface area (Å²) in [5.41, 5.74) is 1.22. The Hall–Kier alpha value is -1.38. The van der Waals surface area contributed by atoms with E-state index < -0.39 is 0 Å². The molecule has 140 valence electrons. The molecule has 3 fully saturated rings. The lowest BCUT2D eigenvalue weighted by Crippen LogP contribution is -2.55. The molecular formula is C23H30O3. The van der Waals surface area contributed by atoms with E-state index in [1.165, 1.54) is 18.4 Å². The fourth-order valence-corrected chi connectivity index (χ4v) is 8.04. The Bertz CT molecular complexity index is 719. The highest BCUT2D eigenvalue weighted by atomic mass is 16.6. The second-order valence-electron chi connectivity index (χ2n) is 9.59. The Morgan fingerprint density at radius 2 is 2.04 bits per heavy atom. The van der Waals surface area contributed by atoms with Gasteiger partial charge in [-0.15, -0.1) is 0 Å². The molecule has 1 spiro atoms. The third-order valence-electron chi connectivity index (χ3n) is 8.92. The summed E-state index contributed by atoms with van der Waals surface area (Å²) in [7, 11) is 0. The SMILES string of the molecule is CC[C@]12CCC3C(C(C)CC4=CC(=O)CC[C@@H]43)C1CC[C@@]21C=CC(=O)O1. The number of rotatable bonds is 1. The van der Waals surface area contributed by atoms with Crippen molar-refractivity contribution in [3.05, 3.63) is 23.8 Å². The zero-order valence-corrected chi connectivity index (χ0v) is 16.0. The fourth-order valence-electron chi connectivity index (χ4n) is 8.04. The minimum absolute atomic E-state index is 0.122. The molecule has 5 aliphatic rings. The maximum absolute atomic E-state index is 12.0. The largest absolute Gasteiger partial charge is 0.451 e. The molecule has 0 aromatic carbocycles. The van der Waals surface area contributed by atoms with Gasteiger partial charge < -0.3 is 4.74 Å². The van der Waals surface area contributed by atoms with E-state index in [-0.39, 0.29) is 17.0 Å². The van der Waals surface area contributed by atoms with Crippen LogP contribution in [0.2, 0.25) is 0 Å². The van der Waals surface area contributed by atoms with Gasteiger partial charge in [0.15, 0.2) is 5.78 Å². The maximum atomic E-state index is 12.0. The van der Waals surface area contributed by atoms with Crippen molar-refractivity contribution >= 4 is 11.8 Å². The van der Waals surface area contributed by atoms with Crippen LogP contribution in [0.15, 0.2) is 23.8 Å². The first-order chi connectivity index (χ1) is 12.5. The van der Waals surface area contributed by atoms with Crippen LogP contribution < -0.4 is 0 Å². The number of hydrogen-bond donors (Lipinski definition) is 0. The molecule has 1 aliphatic heterocycles. The smallest absolute Gasteiger partial charge is 0.331 e. The van der Waals surface area contributed by atoms with E-state index in [9.17, 15) is 9.59 Å². The molecule has 7 atom stereocenters. The number of hydrogen-bond acceptors (Lipinski definition) is 3. The van der Waals surface area contributed by atoms with Gasteiger partial charge in [-0.1, -0.05) is 19.4 Å². The van der Waals surface area contributed by atoms with Crippen LogP contribution in [0.3, 0.4) is 0 Å². The van der Waals surface area contributed by atoms with Gasteiger partial charge in [-0.25, -0.2) is 4.79 Å². The summed E-state index contributed by atoms with van der Waals surface area (Å²) in [6.07, 6.45) is 14.3. The highest BCUT2D eigenvalue weighted by Crippen LogP contribution is 2.68. The van der Waals surface area contributed by atoms with E-state index in [1.807, 2.05) is 6.08 Å². The summed E-state index contributed by atoms with van der Waals surface area (Å²) in [6.45, 7) is 4.71. The fraction of sp³-hybridized carbons (Fsp3) is 0.739. The normalized spacial score (nSPS) is 49.5. The van der Waals surface area contributed by atoms with Gasteiger partial charge in [0, 0.05) is 17.9 Å². The van der Waals surface area contributed by atoms with Gasteiger partial charge in [0.2, 0.25) is 0 Å². The summed E-state index contributed by atoms with van der Waals surface area (Å²) in [5.74, 6) is 3.53. The first kappa shape index (κ1) is 16.8. The molecule has 5 rings (SSSR count). The summed E-state index contributed by atoms with van der Waals surface area (Å²) in [6, 6.07) is 0. The van der Waals surface area contributed by atoms with E-state index in [1.54, 1.807) is 6.08 Å². The van der Waals surface area contributed by atoms with Crippen LogP contribution in [-0.2, 0) is 14.3 Å². The minimum Gasteiger partial charge on any atom is -0.451 e. The Labute approximate surface area is 156 Å². The Morgan fingerprint density at radius 3 is 2.77 bits per heavy atom. The lowest BCUT2D eigenvalue weighted by molar-refractivity contribution is -0.166. The van der Waals surface area contributed by atoms with E-state index in [2.05, 4.69) is 19.9 Å². The highest BCUT2D eigenvalue weighted by Gasteiger charge is 2.66. The Morgan fingerprint density at radius 1 is 1.19 bits per heavy atom. The standard InChI is InChI=1S/C23H30O3/c1-3-22-9-6-18-17-5-4-16(24)13-15(17)12-14(2)21(18)19(22)7-10-23(22)11-8-20(25)26-23/h8,11,13-14,17-19,21H,3-7,9-10,12H2,1-2H3/t14?,17-,18?,19?,21?,22-,23+/m0/s1. The first-order valence-corrected chi connectivity index (χ1v) is 10.7. The summed E-state index contributed by atoms with van der Waals surface area (Å²) in [4.78, 5) is 23.9. The zero-order chi connectivity index (χ0) is 18.1. The summed E-state index contributed by atoms with van der Waals surface area (Å²) < 4.78 is 6.00. The van der Waals surface area contributed by atoms with Crippen molar-refractivity contribution in [1.82, 2.24) is 0 Å². The number of ketones is 1. The minimum atomic E-state index is -0.340. The Balaban J connectivity index is 1.53. The molecule has 4 aliphatic carbocycles. The topological polar surface area (TPSA) is 43.4 Å². The van der Waals surface area contributed by atoms with E-state index in [4.69, 9.17) is 4.74 Å². The maximum Gasteiger partial charge on any atom is 0.331 e. The monoisotopic (exact) mass is 354 g/mol. The molecule has 4 unspecified atom stereocenters. The molecule has 0 radical (unpaired) electrons. The van der Waals surface area contributed by atoms with Crippen LogP contribution in [0.5, 0.6) is 0 Å². The second kappa shape index (κ2) is 5.56.